The maximum atomic E-state index is 4.25. The lowest BCUT2D eigenvalue weighted by molar-refractivity contribution is 0.738. The normalized spacial score (nSPS) is 10.8. The highest BCUT2D eigenvalue weighted by atomic mass is 15.3. The van der Waals surface area contributed by atoms with Gasteiger partial charge in [0.1, 0.15) is 6.33 Å². The largest absolute Gasteiger partial charge is 0.381 e. The van der Waals surface area contributed by atoms with Gasteiger partial charge in [0, 0.05) is 43.1 Å². The molecule has 0 unspecified atom stereocenters. The van der Waals surface area contributed by atoms with Gasteiger partial charge in [0.15, 0.2) is 5.82 Å². The molecule has 1 N–H and O–H groups in total. The zero-order chi connectivity index (χ0) is 14.8. The van der Waals surface area contributed by atoms with Gasteiger partial charge in [-0.05, 0) is 19.1 Å². The predicted octanol–water partition coefficient (Wildman–Crippen LogP) is 2.14. The van der Waals surface area contributed by atoms with E-state index in [2.05, 4.69) is 33.6 Å². The first-order chi connectivity index (χ1) is 10.1. The topological polar surface area (TPSA) is 60.6 Å². The molecule has 0 aliphatic carbocycles. The molecule has 0 fully saturated rings. The SMILES string of the molecule is Cc1c(CNc2cccc(-c3nncn3C)c2)cnn1C. The third-order valence-electron chi connectivity index (χ3n) is 3.65. The Labute approximate surface area is 123 Å². The van der Waals surface area contributed by atoms with Gasteiger partial charge < -0.3 is 9.88 Å². The maximum absolute atomic E-state index is 4.25. The molecular formula is C15H18N6. The molecule has 3 rings (SSSR count). The second-order valence-corrected chi connectivity index (χ2v) is 5.08. The number of nitrogens with zero attached hydrogens (tertiary/aromatic N) is 5. The third-order valence-corrected chi connectivity index (χ3v) is 3.65. The lowest BCUT2D eigenvalue weighted by Gasteiger charge is -2.08. The molecule has 6 nitrogen and oxygen atoms in total. The van der Waals surface area contributed by atoms with Crippen molar-refractivity contribution in [3.05, 3.63) is 48.0 Å². The Morgan fingerprint density at radius 2 is 2.10 bits per heavy atom. The van der Waals surface area contributed by atoms with Crippen LogP contribution in [-0.2, 0) is 20.6 Å². The molecule has 0 aliphatic heterocycles. The number of anilines is 1. The molecule has 0 saturated heterocycles. The summed E-state index contributed by atoms with van der Waals surface area (Å²) in [6, 6.07) is 8.17. The summed E-state index contributed by atoms with van der Waals surface area (Å²) < 4.78 is 3.79. The van der Waals surface area contributed by atoms with E-state index in [0.717, 1.165) is 23.6 Å². The van der Waals surface area contributed by atoms with Gasteiger partial charge in [-0.2, -0.15) is 5.10 Å². The Kier molecular flexibility index (Phi) is 3.43. The Morgan fingerprint density at radius 3 is 2.76 bits per heavy atom. The van der Waals surface area contributed by atoms with Crippen LogP contribution in [0.3, 0.4) is 0 Å². The second kappa shape index (κ2) is 5.40. The molecule has 2 heterocycles. The van der Waals surface area contributed by atoms with Crippen LogP contribution >= 0.6 is 0 Å². The van der Waals surface area contributed by atoms with Crippen LogP contribution in [0.5, 0.6) is 0 Å². The fourth-order valence-corrected chi connectivity index (χ4v) is 2.23. The van der Waals surface area contributed by atoms with E-state index in [1.807, 2.05) is 47.7 Å². The number of aromatic nitrogens is 5. The summed E-state index contributed by atoms with van der Waals surface area (Å²) in [5.74, 6) is 0.858. The molecule has 6 heteroatoms. The van der Waals surface area contributed by atoms with E-state index in [1.165, 1.54) is 11.3 Å². The summed E-state index contributed by atoms with van der Waals surface area (Å²) in [5, 5.41) is 15.7. The van der Waals surface area contributed by atoms with Crippen molar-refractivity contribution in [3.8, 4) is 11.4 Å². The number of hydrogen-bond acceptors (Lipinski definition) is 4. The van der Waals surface area contributed by atoms with Gasteiger partial charge >= 0.3 is 0 Å². The van der Waals surface area contributed by atoms with Crippen molar-refractivity contribution in [2.45, 2.75) is 13.5 Å². The van der Waals surface area contributed by atoms with E-state index in [1.54, 1.807) is 6.33 Å². The van der Waals surface area contributed by atoms with Crippen molar-refractivity contribution in [1.29, 1.82) is 0 Å². The Bertz CT molecular complexity index is 755. The molecule has 3 aromatic rings. The van der Waals surface area contributed by atoms with Crippen LogP contribution < -0.4 is 5.32 Å². The van der Waals surface area contributed by atoms with Crippen LogP contribution in [0.1, 0.15) is 11.3 Å². The quantitative estimate of drug-likeness (QED) is 0.796. The molecule has 2 aromatic heterocycles. The minimum absolute atomic E-state index is 0.752. The molecule has 21 heavy (non-hydrogen) atoms. The number of hydrogen-bond donors (Lipinski definition) is 1. The highest BCUT2D eigenvalue weighted by Gasteiger charge is 2.06. The maximum Gasteiger partial charge on any atom is 0.163 e. The predicted molar refractivity (Wildman–Crippen MR) is 81.7 cm³/mol. The molecule has 1 aromatic carbocycles. The lowest BCUT2D eigenvalue weighted by Crippen LogP contribution is -2.02. The van der Waals surface area contributed by atoms with Gasteiger partial charge in [-0.3, -0.25) is 4.68 Å². The van der Waals surface area contributed by atoms with Crippen molar-refractivity contribution < 1.29 is 0 Å². The molecule has 0 radical (unpaired) electrons. The smallest absolute Gasteiger partial charge is 0.163 e. The Balaban J connectivity index is 1.78. The van der Waals surface area contributed by atoms with Gasteiger partial charge in [0.05, 0.1) is 6.20 Å². The van der Waals surface area contributed by atoms with E-state index < -0.39 is 0 Å². The standard InChI is InChI=1S/C15H18N6/c1-11-13(9-18-21(11)3)8-16-14-6-4-5-12(7-14)15-19-17-10-20(15)2/h4-7,9-10,16H,8H2,1-3H3. The van der Waals surface area contributed by atoms with E-state index in [0.29, 0.717) is 0 Å². The monoisotopic (exact) mass is 282 g/mol. The number of nitrogens with one attached hydrogen (secondary N) is 1. The average Bonchev–Trinajstić information content (AvgIpc) is 3.05. The van der Waals surface area contributed by atoms with Gasteiger partial charge in [0.2, 0.25) is 0 Å². The molecule has 0 atom stereocenters. The summed E-state index contributed by atoms with van der Waals surface area (Å²) in [6.07, 6.45) is 3.60. The van der Waals surface area contributed by atoms with Crippen LogP contribution in [0, 0.1) is 6.92 Å². The summed E-state index contributed by atoms with van der Waals surface area (Å²) in [6.45, 7) is 2.82. The molecule has 0 aliphatic rings. The lowest BCUT2D eigenvalue weighted by atomic mass is 10.2. The summed E-state index contributed by atoms with van der Waals surface area (Å²) in [7, 11) is 3.89. The van der Waals surface area contributed by atoms with E-state index in [9.17, 15) is 0 Å². The summed E-state index contributed by atoms with van der Waals surface area (Å²) >= 11 is 0. The first-order valence-corrected chi connectivity index (χ1v) is 6.81. The van der Waals surface area contributed by atoms with Crippen LogP contribution in [0.25, 0.3) is 11.4 Å². The van der Waals surface area contributed by atoms with Crippen molar-refractivity contribution in [1.82, 2.24) is 24.5 Å². The van der Waals surface area contributed by atoms with E-state index >= 15 is 0 Å². The minimum atomic E-state index is 0.752. The van der Waals surface area contributed by atoms with Crippen LogP contribution in [0.2, 0.25) is 0 Å². The first-order valence-electron chi connectivity index (χ1n) is 6.81. The molecule has 0 amide bonds. The van der Waals surface area contributed by atoms with E-state index in [-0.39, 0.29) is 0 Å². The van der Waals surface area contributed by atoms with Gasteiger partial charge in [0.25, 0.3) is 0 Å². The summed E-state index contributed by atoms with van der Waals surface area (Å²) in [4.78, 5) is 0. The Morgan fingerprint density at radius 1 is 1.24 bits per heavy atom. The number of aryl methyl sites for hydroxylation is 2. The van der Waals surface area contributed by atoms with Crippen molar-refractivity contribution in [2.24, 2.45) is 14.1 Å². The third kappa shape index (κ3) is 2.65. The Hall–Kier alpha value is -2.63. The number of rotatable bonds is 4. The second-order valence-electron chi connectivity index (χ2n) is 5.08. The van der Waals surface area contributed by atoms with Gasteiger partial charge in [-0.15, -0.1) is 10.2 Å². The fourth-order valence-electron chi connectivity index (χ4n) is 2.23. The molecule has 0 bridgehead atoms. The van der Waals surface area contributed by atoms with E-state index in [4.69, 9.17) is 0 Å². The van der Waals surface area contributed by atoms with Crippen LogP contribution in [0.4, 0.5) is 5.69 Å². The van der Waals surface area contributed by atoms with Crippen LogP contribution in [-0.4, -0.2) is 24.5 Å². The summed E-state index contributed by atoms with van der Waals surface area (Å²) in [5.41, 5.74) is 4.47. The zero-order valence-electron chi connectivity index (χ0n) is 12.4. The van der Waals surface area contributed by atoms with Crippen molar-refractivity contribution in [2.75, 3.05) is 5.32 Å². The minimum Gasteiger partial charge on any atom is -0.381 e. The molecule has 0 spiro atoms. The highest BCUT2D eigenvalue weighted by molar-refractivity contribution is 5.62. The molecule has 0 saturated carbocycles. The average molecular weight is 282 g/mol. The number of benzene rings is 1. The first kappa shape index (κ1) is 13.4. The van der Waals surface area contributed by atoms with Gasteiger partial charge in [-0.25, -0.2) is 0 Å². The molecular weight excluding hydrogens is 264 g/mol. The highest BCUT2D eigenvalue weighted by Crippen LogP contribution is 2.20. The van der Waals surface area contributed by atoms with Gasteiger partial charge in [-0.1, -0.05) is 12.1 Å². The zero-order valence-corrected chi connectivity index (χ0v) is 12.4. The molecule has 108 valence electrons. The van der Waals surface area contributed by atoms with Crippen molar-refractivity contribution in [3.63, 3.8) is 0 Å². The fraction of sp³-hybridized carbons (Fsp3) is 0.267. The van der Waals surface area contributed by atoms with Crippen molar-refractivity contribution >= 4 is 5.69 Å². The van der Waals surface area contributed by atoms with Crippen LogP contribution in [0.15, 0.2) is 36.8 Å².